The number of allylic oxidation sites excluding steroid dienone is 1. The van der Waals surface area contributed by atoms with Gasteiger partial charge in [0, 0.05) is 5.92 Å². The maximum atomic E-state index is 10.9. The summed E-state index contributed by atoms with van der Waals surface area (Å²) in [7, 11) is 0. The van der Waals surface area contributed by atoms with Crippen molar-refractivity contribution >= 4 is 5.78 Å². The number of rotatable bonds is 8. The summed E-state index contributed by atoms with van der Waals surface area (Å²) >= 11 is 0. The Labute approximate surface area is 125 Å². The van der Waals surface area contributed by atoms with Crippen molar-refractivity contribution < 1.29 is 14.6 Å². The molecule has 0 fully saturated rings. The molecule has 0 heterocycles. The third kappa shape index (κ3) is 6.35. The van der Waals surface area contributed by atoms with Crippen LogP contribution in [-0.2, 0) is 16.1 Å². The fourth-order valence-electron chi connectivity index (χ4n) is 1.89. The van der Waals surface area contributed by atoms with E-state index in [9.17, 15) is 9.90 Å². The summed E-state index contributed by atoms with van der Waals surface area (Å²) < 4.78 is 5.76. The predicted octanol–water partition coefficient (Wildman–Crippen LogP) is 2.63. The average Bonchev–Trinajstić information content (AvgIpc) is 2.49. The van der Waals surface area contributed by atoms with Crippen LogP contribution in [0.3, 0.4) is 0 Å². The zero-order valence-corrected chi connectivity index (χ0v) is 12.4. The van der Waals surface area contributed by atoms with Crippen molar-refractivity contribution in [2.45, 2.75) is 39.1 Å². The number of nitrogens with zero attached hydrogens (tertiary/aromatic N) is 1. The van der Waals surface area contributed by atoms with Crippen LogP contribution in [0, 0.1) is 17.2 Å². The zero-order valence-electron chi connectivity index (χ0n) is 12.4. The normalized spacial score (nSPS) is 15.3. The Morgan fingerprint density at radius 1 is 1.43 bits per heavy atom. The fourth-order valence-corrected chi connectivity index (χ4v) is 1.89. The Bertz CT molecular complexity index is 505. The lowest BCUT2D eigenvalue weighted by molar-refractivity contribution is -0.112. The average molecular weight is 287 g/mol. The number of carbonyl (C=O) groups excluding carboxylic acids is 1. The molecule has 0 spiro atoms. The summed E-state index contributed by atoms with van der Waals surface area (Å²) in [5.74, 6) is -0.396. The first-order valence-electron chi connectivity index (χ1n) is 6.94. The Morgan fingerprint density at radius 2 is 2.10 bits per heavy atom. The number of carbonyl (C=O) groups is 1. The minimum absolute atomic E-state index is 0.122. The summed E-state index contributed by atoms with van der Waals surface area (Å²) in [5.41, 5.74) is 1.02. The lowest BCUT2D eigenvalue weighted by Gasteiger charge is -2.25. The van der Waals surface area contributed by atoms with Gasteiger partial charge < -0.3 is 9.84 Å². The van der Waals surface area contributed by atoms with E-state index >= 15 is 0 Å². The maximum absolute atomic E-state index is 10.9. The molecule has 4 heteroatoms. The first-order chi connectivity index (χ1) is 10.0. The maximum Gasteiger partial charge on any atom is 0.152 e. The first kappa shape index (κ1) is 17.1. The summed E-state index contributed by atoms with van der Waals surface area (Å²) in [6, 6.07) is 11.7. The van der Waals surface area contributed by atoms with Crippen molar-refractivity contribution in [3.8, 4) is 6.07 Å². The molecule has 0 saturated heterocycles. The van der Waals surface area contributed by atoms with Crippen LogP contribution in [0.5, 0.6) is 0 Å². The highest BCUT2D eigenvalue weighted by atomic mass is 16.5. The minimum Gasteiger partial charge on any atom is -0.389 e. The van der Waals surface area contributed by atoms with Crippen LogP contribution >= 0.6 is 0 Å². The van der Waals surface area contributed by atoms with Gasteiger partial charge in [0.25, 0.3) is 0 Å². The van der Waals surface area contributed by atoms with E-state index in [2.05, 4.69) is 6.07 Å². The smallest absolute Gasteiger partial charge is 0.152 e. The van der Waals surface area contributed by atoms with Gasteiger partial charge in [0.1, 0.15) is 0 Å². The number of aliphatic hydroxyl groups is 1. The second kappa shape index (κ2) is 9.06. The second-order valence-electron chi connectivity index (χ2n) is 5.02. The molecule has 0 aliphatic rings. The quantitative estimate of drug-likeness (QED) is 0.746. The molecule has 0 aliphatic carbocycles. The molecule has 0 saturated carbocycles. The highest BCUT2D eigenvalue weighted by molar-refractivity contribution is 5.87. The number of nitriles is 1. The van der Waals surface area contributed by atoms with Crippen LogP contribution in [0.4, 0.5) is 0 Å². The van der Waals surface area contributed by atoms with Gasteiger partial charge in [-0.2, -0.15) is 5.26 Å². The number of ketones is 1. The Morgan fingerprint density at radius 3 is 2.67 bits per heavy atom. The Hall–Kier alpha value is -1.96. The highest BCUT2D eigenvalue weighted by Gasteiger charge is 2.23. The van der Waals surface area contributed by atoms with Crippen LogP contribution in [0.2, 0.25) is 0 Å². The molecule has 1 N–H and O–H groups in total. The molecule has 1 rings (SSSR count). The standard InChI is InChI=1S/C17H21NO3/c1-13(19)8-9-16(20)14(2)17(10-11-18)21-12-15-6-4-3-5-7-15/h3-9,14,16-17,20H,10,12H2,1-2H3/b9-8+/t14-,16+,17-/m1/s1. The Kier molecular flexibility index (Phi) is 7.38. The van der Waals surface area contributed by atoms with E-state index in [1.54, 1.807) is 0 Å². The van der Waals surface area contributed by atoms with Gasteiger partial charge in [0.05, 0.1) is 31.3 Å². The molecule has 1 aromatic rings. The van der Waals surface area contributed by atoms with Crippen LogP contribution in [0.25, 0.3) is 0 Å². The summed E-state index contributed by atoms with van der Waals surface area (Å²) in [5, 5.41) is 18.9. The van der Waals surface area contributed by atoms with E-state index in [-0.39, 0.29) is 24.2 Å². The molecule has 4 nitrogen and oxygen atoms in total. The van der Waals surface area contributed by atoms with E-state index in [1.807, 2.05) is 37.3 Å². The van der Waals surface area contributed by atoms with Gasteiger partial charge in [-0.15, -0.1) is 0 Å². The summed E-state index contributed by atoms with van der Waals surface area (Å²) in [6.45, 7) is 3.62. The molecule has 21 heavy (non-hydrogen) atoms. The zero-order chi connectivity index (χ0) is 15.7. The van der Waals surface area contributed by atoms with Gasteiger partial charge >= 0.3 is 0 Å². The van der Waals surface area contributed by atoms with Gasteiger partial charge in [0.2, 0.25) is 0 Å². The number of benzene rings is 1. The van der Waals surface area contributed by atoms with Crippen molar-refractivity contribution in [3.05, 3.63) is 48.0 Å². The van der Waals surface area contributed by atoms with Crippen LogP contribution in [0.15, 0.2) is 42.5 Å². The van der Waals surface area contributed by atoms with Crippen molar-refractivity contribution in [1.82, 2.24) is 0 Å². The summed E-state index contributed by atoms with van der Waals surface area (Å²) in [6.07, 6.45) is 1.77. The molecule has 0 amide bonds. The molecule has 0 bridgehead atoms. The first-order valence-corrected chi connectivity index (χ1v) is 6.94. The number of ether oxygens (including phenoxy) is 1. The van der Waals surface area contributed by atoms with Crippen molar-refractivity contribution in [2.75, 3.05) is 0 Å². The third-order valence-corrected chi connectivity index (χ3v) is 3.25. The summed E-state index contributed by atoms with van der Waals surface area (Å²) in [4.78, 5) is 10.9. The Balaban J connectivity index is 2.63. The van der Waals surface area contributed by atoms with E-state index in [0.717, 1.165) is 5.56 Å². The fraction of sp³-hybridized carbons (Fsp3) is 0.412. The van der Waals surface area contributed by atoms with Crippen LogP contribution in [-0.4, -0.2) is 23.1 Å². The molecule has 3 atom stereocenters. The van der Waals surface area contributed by atoms with Gasteiger partial charge in [-0.3, -0.25) is 4.79 Å². The predicted molar refractivity (Wildman–Crippen MR) is 80.2 cm³/mol. The topological polar surface area (TPSA) is 70.3 Å². The largest absolute Gasteiger partial charge is 0.389 e. The molecule has 0 unspecified atom stereocenters. The van der Waals surface area contributed by atoms with Crippen molar-refractivity contribution in [2.24, 2.45) is 5.92 Å². The van der Waals surface area contributed by atoms with Crippen molar-refractivity contribution in [3.63, 3.8) is 0 Å². The number of hydrogen-bond acceptors (Lipinski definition) is 4. The van der Waals surface area contributed by atoms with Gasteiger partial charge in [-0.25, -0.2) is 0 Å². The SMILES string of the molecule is CC(=O)/C=C/[C@H](O)[C@@H](C)[C@@H](CC#N)OCc1ccccc1. The van der Waals surface area contributed by atoms with Crippen LogP contribution < -0.4 is 0 Å². The molecule has 0 aromatic heterocycles. The van der Waals surface area contributed by atoms with E-state index < -0.39 is 6.10 Å². The van der Waals surface area contributed by atoms with Crippen LogP contribution in [0.1, 0.15) is 25.8 Å². The lowest BCUT2D eigenvalue weighted by atomic mass is 9.95. The van der Waals surface area contributed by atoms with Gasteiger partial charge in [-0.1, -0.05) is 43.3 Å². The van der Waals surface area contributed by atoms with Gasteiger partial charge in [-0.05, 0) is 18.6 Å². The monoisotopic (exact) mass is 287 g/mol. The second-order valence-corrected chi connectivity index (χ2v) is 5.02. The lowest BCUT2D eigenvalue weighted by Crippen LogP contribution is -2.30. The minimum atomic E-state index is -0.817. The van der Waals surface area contributed by atoms with Crippen molar-refractivity contribution in [1.29, 1.82) is 5.26 Å². The third-order valence-electron chi connectivity index (χ3n) is 3.25. The molecular formula is C17H21NO3. The molecule has 0 radical (unpaired) electrons. The van der Waals surface area contributed by atoms with E-state index in [4.69, 9.17) is 10.00 Å². The van der Waals surface area contributed by atoms with E-state index in [0.29, 0.717) is 6.61 Å². The molecule has 1 aromatic carbocycles. The molecular weight excluding hydrogens is 266 g/mol. The highest BCUT2D eigenvalue weighted by Crippen LogP contribution is 2.18. The number of aliphatic hydroxyl groups excluding tert-OH is 1. The molecule has 0 aliphatic heterocycles. The molecule has 112 valence electrons. The number of hydrogen-bond donors (Lipinski definition) is 1. The van der Waals surface area contributed by atoms with Gasteiger partial charge in [0.15, 0.2) is 5.78 Å². The van der Waals surface area contributed by atoms with E-state index in [1.165, 1.54) is 19.1 Å².